The van der Waals surface area contributed by atoms with Gasteiger partial charge in [0.15, 0.2) is 11.6 Å². The number of hydrogen-bond donors (Lipinski definition) is 0. The molecule has 6 heteroatoms. The third-order valence-corrected chi connectivity index (χ3v) is 5.97. The van der Waals surface area contributed by atoms with Gasteiger partial charge in [0.05, 0.1) is 17.7 Å². The van der Waals surface area contributed by atoms with E-state index in [4.69, 9.17) is 9.72 Å². The van der Waals surface area contributed by atoms with Gasteiger partial charge in [-0.25, -0.2) is 18.7 Å². The Kier molecular flexibility index (Phi) is 2.96. The molecule has 0 aliphatic carbocycles. The minimum atomic E-state index is -0.453. The van der Waals surface area contributed by atoms with Crippen LogP contribution in [0.4, 0.5) is 8.78 Å². The van der Waals surface area contributed by atoms with Gasteiger partial charge < -0.3 is 4.74 Å². The first kappa shape index (κ1) is 16.4. The molecule has 2 aliphatic rings. The van der Waals surface area contributed by atoms with Crippen LogP contribution >= 0.6 is 0 Å². The molecule has 0 saturated carbocycles. The zero-order valence-electron chi connectivity index (χ0n) is 15.9. The van der Waals surface area contributed by atoms with Gasteiger partial charge in [-0.1, -0.05) is 32.9 Å². The molecular formula is C22H19F2N3O. The Balaban J connectivity index is 1.89. The Labute approximate surface area is 160 Å². The number of hydrogen-bond acceptors (Lipinski definition) is 3. The second kappa shape index (κ2) is 5.06. The second-order valence-electron chi connectivity index (χ2n) is 8.82. The van der Waals surface area contributed by atoms with Crippen LogP contribution in [0.2, 0.25) is 0 Å². The summed E-state index contributed by atoms with van der Waals surface area (Å²) in [6, 6.07) is 7.60. The van der Waals surface area contributed by atoms with E-state index < -0.39 is 11.6 Å². The summed E-state index contributed by atoms with van der Waals surface area (Å²) in [5.41, 5.74) is 1.90. The van der Waals surface area contributed by atoms with Crippen molar-refractivity contribution in [3.63, 3.8) is 0 Å². The quantitative estimate of drug-likeness (QED) is 0.404. The molecule has 2 aromatic heterocycles. The maximum Gasteiger partial charge on any atom is 0.157 e. The predicted octanol–water partition coefficient (Wildman–Crippen LogP) is 5.52. The monoisotopic (exact) mass is 379 g/mol. The number of nitrogens with zero attached hydrogens (tertiary/aromatic N) is 3. The van der Waals surface area contributed by atoms with Crippen LogP contribution < -0.4 is 0 Å². The number of aromatic nitrogens is 3. The molecule has 0 spiro atoms. The number of fused-ring (bicyclic) bond motifs is 10. The number of para-hydroxylation sites is 1. The summed E-state index contributed by atoms with van der Waals surface area (Å²) < 4.78 is 38.8. The molecule has 4 heterocycles. The third-order valence-electron chi connectivity index (χ3n) is 5.97. The lowest BCUT2D eigenvalue weighted by Gasteiger charge is -2.21. The van der Waals surface area contributed by atoms with Crippen molar-refractivity contribution in [2.45, 2.75) is 51.2 Å². The zero-order chi connectivity index (χ0) is 19.4. The van der Waals surface area contributed by atoms with Crippen molar-refractivity contribution >= 4 is 27.6 Å². The van der Waals surface area contributed by atoms with Crippen molar-refractivity contribution in [1.82, 2.24) is 14.4 Å². The lowest BCUT2D eigenvalue weighted by Crippen LogP contribution is -2.19. The Hall–Kier alpha value is -2.60. The van der Waals surface area contributed by atoms with E-state index in [1.807, 2.05) is 45.0 Å². The highest BCUT2D eigenvalue weighted by atomic mass is 19.1. The molecule has 2 unspecified atom stereocenters. The second-order valence-corrected chi connectivity index (χ2v) is 8.82. The van der Waals surface area contributed by atoms with E-state index in [0.29, 0.717) is 22.6 Å². The van der Waals surface area contributed by atoms with Crippen molar-refractivity contribution in [2.24, 2.45) is 0 Å². The molecular weight excluding hydrogens is 360 g/mol. The molecule has 0 amide bonds. The van der Waals surface area contributed by atoms with Crippen LogP contribution in [0.25, 0.3) is 27.6 Å². The molecule has 0 N–H and O–H groups in total. The molecule has 142 valence electrons. The third kappa shape index (κ3) is 1.86. The minimum Gasteiger partial charge on any atom is -0.365 e. The van der Waals surface area contributed by atoms with Gasteiger partial charge in [-0.3, -0.25) is 4.40 Å². The fourth-order valence-corrected chi connectivity index (χ4v) is 4.77. The summed E-state index contributed by atoms with van der Waals surface area (Å²) in [4.78, 5) is 9.40. The van der Waals surface area contributed by atoms with Crippen LogP contribution in [-0.4, -0.2) is 14.4 Å². The first-order chi connectivity index (χ1) is 13.4. The van der Waals surface area contributed by atoms with Crippen LogP contribution in [0.1, 0.15) is 62.8 Å². The van der Waals surface area contributed by atoms with Gasteiger partial charge in [0.2, 0.25) is 0 Å². The van der Waals surface area contributed by atoms with Gasteiger partial charge in [0, 0.05) is 21.9 Å². The standard InChI is InChI=1S/C22H19F2N3O/c1-22(2,3)21-25-11-7-5-4-6-10(11)20-26-18-16(23)14-12-8-9-13(28-12)15(14)17(24)19(18)27(20)21/h4-7,12-13H,8-9H2,1-3H3. The average Bonchev–Trinajstić information content (AvgIpc) is 3.37. The van der Waals surface area contributed by atoms with Crippen molar-refractivity contribution in [3.8, 4) is 0 Å². The summed E-state index contributed by atoms with van der Waals surface area (Å²) >= 11 is 0. The van der Waals surface area contributed by atoms with E-state index >= 15 is 8.78 Å². The molecule has 1 fully saturated rings. The van der Waals surface area contributed by atoms with Crippen molar-refractivity contribution in [2.75, 3.05) is 0 Å². The van der Waals surface area contributed by atoms with E-state index in [-0.39, 0.29) is 28.7 Å². The lowest BCUT2D eigenvalue weighted by molar-refractivity contribution is 0.0695. The highest BCUT2D eigenvalue weighted by Gasteiger charge is 2.44. The molecule has 2 aromatic carbocycles. The zero-order valence-corrected chi connectivity index (χ0v) is 15.9. The Morgan fingerprint density at radius 2 is 1.68 bits per heavy atom. The van der Waals surface area contributed by atoms with Crippen LogP contribution in [-0.2, 0) is 10.2 Å². The molecule has 2 aliphatic heterocycles. The molecule has 0 radical (unpaired) electrons. The molecule has 6 rings (SSSR count). The van der Waals surface area contributed by atoms with Gasteiger partial charge in [-0.15, -0.1) is 0 Å². The number of halogens is 2. The smallest absolute Gasteiger partial charge is 0.157 e. The minimum absolute atomic E-state index is 0.0658. The van der Waals surface area contributed by atoms with Crippen molar-refractivity contribution in [3.05, 3.63) is 52.9 Å². The Morgan fingerprint density at radius 1 is 1.00 bits per heavy atom. The lowest BCUT2D eigenvalue weighted by atomic mass is 9.90. The van der Waals surface area contributed by atoms with E-state index in [9.17, 15) is 0 Å². The molecule has 1 saturated heterocycles. The van der Waals surface area contributed by atoms with Crippen LogP contribution in [0.5, 0.6) is 0 Å². The Morgan fingerprint density at radius 3 is 2.39 bits per heavy atom. The summed E-state index contributed by atoms with van der Waals surface area (Å²) in [5.74, 6) is -0.217. The molecule has 28 heavy (non-hydrogen) atoms. The van der Waals surface area contributed by atoms with Gasteiger partial charge in [0.25, 0.3) is 0 Å². The fraction of sp³-hybridized carbons (Fsp3) is 0.364. The molecule has 4 nitrogen and oxygen atoms in total. The van der Waals surface area contributed by atoms with E-state index in [2.05, 4.69) is 4.98 Å². The topological polar surface area (TPSA) is 39.4 Å². The summed E-state index contributed by atoms with van der Waals surface area (Å²) in [6.45, 7) is 6.05. The maximum absolute atomic E-state index is 15.8. The van der Waals surface area contributed by atoms with Gasteiger partial charge in [0.1, 0.15) is 22.5 Å². The number of ether oxygens (including phenoxy) is 1. The summed E-state index contributed by atoms with van der Waals surface area (Å²) in [6.07, 6.45) is 0.727. The van der Waals surface area contributed by atoms with Crippen molar-refractivity contribution < 1.29 is 13.5 Å². The van der Waals surface area contributed by atoms with Crippen LogP contribution in [0.3, 0.4) is 0 Å². The van der Waals surface area contributed by atoms with Gasteiger partial charge in [-0.2, -0.15) is 0 Å². The largest absolute Gasteiger partial charge is 0.365 e. The van der Waals surface area contributed by atoms with E-state index in [0.717, 1.165) is 23.7 Å². The number of benzene rings is 2. The van der Waals surface area contributed by atoms with Crippen LogP contribution in [0, 0.1) is 11.6 Å². The normalized spacial score (nSPS) is 21.3. The van der Waals surface area contributed by atoms with Gasteiger partial charge in [-0.05, 0) is 25.0 Å². The molecule has 2 atom stereocenters. The SMILES string of the molecule is CC(C)(C)c1nc2ccccc2c2nc3c(F)c4c(c(F)c3n12)C1CCC4O1. The van der Waals surface area contributed by atoms with Crippen molar-refractivity contribution in [1.29, 1.82) is 0 Å². The molecule has 4 aromatic rings. The van der Waals surface area contributed by atoms with E-state index in [1.54, 1.807) is 4.40 Å². The number of rotatable bonds is 0. The average molecular weight is 379 g/mol. The van der Waals surface area contributed by atoms with Crippen LogP contribution in [0.15, 0.2) is 24.3 Å². The summed E-state index contributed by atoms with van der Waals surface area (Å²) in [7, 11) is 0. The Bertz CT molecular complexity index is 1320. The maximum atomic E-state index is 15.8. The fourth-order valence-electron chi connectivity index (χ4n) is 4.77. The first-order valence-corrected chi connectivity index (χ1v) is 9.64. The van der Waals surface area contributed by atoms with E-state index in [1.165, 1.54) is 0 Å². The number of imidazole rings is 1. The highest BCUT2D eigenvalue weighted by molar-refractivity contribution is 5.97. The highest BCUT2D eigenvalue weighted by Crippen LogP contribution is 2.54. The predicted molar refractivity (Wildman–Crippen MR) is 102 cm³/mol. The van der Waals surface area contributed by atoms with Gasteiger partial charge >= 0.3 is 0 Å². The first-order valence-electron chi connectivity index (χ1n) is 9.64. The summed E-state index contributed by atoms with van der Waals surface area (Å²) in [5, 5.41) is 0.782. The molecule has 2 bridgehead atoms.